The van der Waals surface area contributed by atoms with Gasteiger partial charge in [-0.05, 0) is 67.2 Å². The van der Waals surface area contributed by atoms with Crippen molar-refractivity contribution in [3.05, 3.63) is 0 Å². The van der Waals surface area contributed by atoms with Gasteiger partial charge in [-0.3, -0.25) is 19.2 Å². The van der Waals surface area contributed by atoms with Gasteiger partial charge in [0, 0.05) is 17.9 Å². The van der Waals surface area contributed by atoms with E-state index in [0.717, 1.165) is 0 Å². The lowest BCUT2D eigenvalue weighted by Crippen LogP contribution is -2.60. The molecule has 14 heteroatoms. The van der Waals surface area contributed by atoms with Gasteiger partial charge in [-0.25, -0.2) is 4.39 Å². The minimum Gasteiger partial charge on any atom is -0.370 e. The fourth-order valence-electron chi connectivity index (χ4n) is 4.51. The summed E-state index contributed by atoms with van der Waals surface area (Å²) < 4.78 is 59.2. The van der Waals surface area contributed by atoms with E-state index in [1.807, 2.05) is 19.9 Å². The predicted octanol–water partition coefficient (Wildman–Crippen LogP) is 1.93. The average molecular weight is 564 g/mol. The van der Waals surface area contributed by atoms with Gasteiger partial charge in [0.25, 0.3) is 0 Å². The van der Waals surface area contributed by atoms with Crippen LogP contribution in [0.25, 0.3) is 0 Å². The number of hydrogen-bond acceptors (Lipinski definition) is 6. The van der Waals surface area contributed by atoms with Crippen LogP contribution in [-0.4, -0.2) is 70.8 Å². The molecule has 10 nitrogen and oxygen atoms in total. The third-order valence-electron chi connectivity index (χ3n) is 6.41. The Morgan fingerprint density at radius 1 is 1.13 bits per heavy atom. The van der Waals surface area contributed by atoms with Crippen molar-refractivity contribution in [2.45, 2.75) is 121 Å². The molecule has 0 aromatic carbocycles. The molecule has 220 valence electrons. The van der Waals surface area contributed by atoms with Crippen LogP contribution < -0.4 is 21.3 Å². The second-order valence-electron chi connectivity index (χ2n) is 12.0. The molecule has 1 saturated carbocycles. The Hall–Kier alpha value is -2.95. The number of ether oxygens (including phenoxy) is 1. The number of halogens is 4. The second-order valence-corrected chi connectivity index (χ2v) is 12.0. The standard InChI is InChI=1S/C25H37F4N5O5/c1-13(39-22(2,3)4)17(33-21(38)25(27,28)29)20(37)32-16(11-24(26)7-8-24)19(36)31-15(12-30)9-14-10-23(5,6)34-18(14)35/h13-17H,7-11H2,1-6H3,(H,31,36)(H,32,37)(H,33,38)(H,34,35)/t13-,14-,15+,16-,17+/m1/s1. The molecule has 4 N–H and O–H groups in total. The first-order valence-corrected chi connectivity index (χ1v) is 12.7. The molecule has 1 aliphatic carbocycles. The number of carbonyl (C=O) groups is 4. The topological polar surface area (TPSA) is 149 Å². The molecule has 2 fully saturated rings. The Balaban J connectivity index is 2.21. The van der Waals surface area contributed by atoms with E-state index in [1.54, 1.807) is 26.1 Å². The van der Waals surface area contributed by atoms with E-state index in [2.05, 4.69) is 16.0 Å². The zero-order valence-electron chi connectivity index (χ0n) is 22.9. The quantitative estimate of drug-likeness (QED) is 0.282. The zero-order chi connectivity index (χ0) is 30.0. The minimum atomic E-state index is -5.30. The number of rotatable bonds is 11. The number of nitriles is 1. The SMILES string of the molecule is C[C@@H](OC(C)(C)C)[C@H](NC(=O)C(F)(F)F)C(=O)N[C@H](CC1(F)CC1)C(=O)N[C@H](C#N)C[C@@H]1CC(C)(C)NC1=O. The summed E-state index contributed by atoms with van der Waals surface area (Å²) in [6.07, 6.45) is -6.44. The first kappa shape index (κ1) is 32.3. The van der Waals surface area contributed by atoms with E-state index in [4.69, 9.17) is 4.74 Å². The van der Waals surface area contributed by atoms with Crippen molar-refractivity contribution in [1.82, 2.24) is 21.3 Å². The predicted molar refractivity (Wildman–Crippen MR) is 130 cm³/mol. The van der Waals surface area contributed by atoms with Crippen molar-refractivity contribution >= 4 is 23.6 Å². The van der Waals surface area contributed by atoms with Crippen molar-refractivity contribution < 1.29 is 41.5 Å². The molecule has 0 aromatic heterocycles. The van der Waals surface area contributed by atoms with E-state index in [-0.39, 0.29) is 25.2 Å². The number of nitrogens with zero attached hydrogens (tertiary/aromatic N) is 1. The van der Waals surface area contributed by atoms with Crippen LogP contribution in [0.2, 0.25) is 0 Å². The van der Waals surface area contributed by atoms with Gasteiger partial charge in [-0.1, -0.05) is 0 Å². The van der Waals surface area contributed by atoms with Crippen LogP contribution in [0.5, 0.6) is 0 Å². The normalized spacial score (nSPS) is 22.9. The Kier molecular flexibility index (Phi) is 9.64. The highest BCUT2D eigenvalue weighted by molar-refractivity contribution is 5.93. The molecule has 5 atom stereocenters. The highest BCUT2D eigenvalue weighted by Crippen LogP contribution is 2.43. The summed E-state index contributed by atoms with van der Waals surface area (Å²) in [7, 11) is 0. The minimum absolute atomic E-state index is 0.0281. The van der Waals surface area contributed by atoms with Gasteiger partial charge >= 0.3 is 12.1 Å². The first-order valence-electron chi connectivity index (χ1n) is 12.7. The molecule has 1 aliphatic heterocycles. The lowest BCUT2D eigenvalue weighted by atomic mass is 9.92. The lowest BCUT2D eigenvalue weighted by Gasteiger charge is -2.32. The molecule has 4 amide bonds. The monoisotopic (exact) mass is 563 g/mol. The van der Waals surface area contributed by atoms with Crippen LogP contribution in [0, 0.1) is 17.2 Å². The van der Waals surface area contributed by atoms with Crippen LogP contribution in [0.15, 0.2) is 0 Å². The van der Waals surface area contributed by atoms with Gasteiger partial charge in [0.05, 0.1) is 17.8 Å². The first-order chi connectivity index (χ1) is 17.6. The molecule has 1 heterocycles. The van der Waals surface area contributed by atoms with Crippen LogP contribution in [-0.2, 0) is 23.9 Å². The molecule has 0 unspecified atom stereocenters. The zero-order valence-corrected chi connectivity index (χ0v) is 22.9. The maximum absolute atomic E-state index is 14.7. The van der Waals surface area contributed by atoms with Gasteiger partial charge in [0.15, 0.2) is 0 Å². The maximum Gasteiger partial charge on any atom is 0.471 e. The summed E-state index contributed by atoms with van der Waals surface area (Å²) in [5, 5.41) is 18.6. The Morgan fingerprint density at radius 3 is 2.15 bits per heavy atom. The molecule has 0 aromatic rings. The van der Waals surface area contributed by atoms with Crippen molar-refractivity contribution in [3.8, 4) is 6.07 Å². The van der Waals surface area contributed by atoms with E-state index in [9.17, 15) is 42.0 Å². The van der Waals surface area contributed by atoms with Gasteiger partial charge in [-0.15, -0.1) is 0 Å². The third-order valence-corrected chi connectivity index (χ3v) is 6.41. The average Bonchev–Trinajstić information content (AvgIpc) is 3.42. The highest BCUT2D eigenvalue weighted by Gasteiger charge is 2.48. The summed E-state index contributed by atoms with van der Waals surface area (Å²) in [5.41, 5.74) is -3.17. The van der Waals surface area contributed by atoms with Crippen LogP contribution >= 0.6 is 0 Å². The van der Waals surface area contributed by atoms with E-state index in [1.165, 1.54) is 6.92 Å². The van der Waals surface area contributed by atoms with E-state index >= 15 is 0 Å². The fourth-order valence-corrected chi connectivity index (χ4v) is 4.51. The van der Waals surface area contributed by atoms with Crippen molar-refractivity contribution in [2.24, 2.45) is 5.92 Å². The molecule has 0 bridgehead atoms. The number of carbonyl (C=O) groups excluding carboxylic acids is 4. The van der Waals surface area contributed by atoms with Gasteiger partial charge in [-0.2, -0.15) is 18.4 Å². The fraction of sp³-hybridized carbons (Fsp3) is 0.800. The summed E-state index contributed by atoms with van der Waals surface area (Å²) in [5.74, 6) is -5.37. The second kappa shape index (κ2) is 11.7. The van der Waals surface area contributed by atoms with E-state index < -0.39 is 77.3 Å². The number of amides is 4. The lowest BCUT2D eigenvalue weighted by molar-refractivity contribution is -0.176. The summed E-state index contributed by atoms with van der Waals surface area (Å²) in [4.78, 5) is 50.1. The van der Waals surface area contributed by atoms with Crippen molar-refractivity contribution in [2.75, 3.05) is 0 Å². The Labute approximate surface area is 225 Å². The molecular formula is C25H37F4N5O5. The Morgan fingerprint density at radius 2 is 1.72 bits per heavy atom. The van der Waals surface area contributed by atoms with Crippen LogP contribution in [0.3, 0.4) is 0 Å². The summed E-state index contributed by atoms with van der Waals surface area (Å²) in [6, 6.07) is -2.71. The number of hydrogen-bond donors (Lipinski definition) is 4. The van der Waals surface area contributed by atoms with Gasteiger partial charge in [0.1, 0.15) is 23.8 Å². The number of alkyl halides is 4. The van der Waals surface area contributed by atoms with Gasteiger partial charge < -0.3 is 26.0 Å². The maximum atomic E-state index is 14.7. The smallest absolute Gasteiger partial charge is 0.370 e. The molecule has 0 radical (unpaired) electrons. The Bertz CT molecular complexity index is 1000. The molecule has 0 spiro atoms. The molecule has 2 aliphatic rings. The largest absolute Gasteiger partial charge is 0.471 e. The number of nitrogens with one attached hydrogen (secondary N) is 4. The van der Waals surface area contributed by atoms with Gasteiger partial charge in [0.2, 0.25) is 17.7 Å². The molecule has 1 saturated heterocycles. The summed E-state index contributed by atoms with van der Waals surface area (Å²) in [6.45, 7) is 9.67. The third kappa shape index (κ3) is 9.94. The summed E-state index contributed by atoms with van der Waals surface area (Å²) >= 11 is 0. The highest BCUT2D eigenvalue weighted by atomic mass is 19.4. The van der Waals surface area contributed by atoms with Crippen LogP contribution in [0.1, 0.15) is 73.6 Å². The molecular weight excluding hydrogens is 526 g/mol. The van der Waals surface area contributed by atoms with Crippen molar-refractivity contribution in [3.63, 3.8) is 0 Å². The van der Waals surface area contributed by atoms with Crippen LogP contribution in [0.4, 0.5) is 17.6 Å². The molecule has 39 heavy (non-hydrogen) atoms. The molecule has 2 rings (SSSR count). The van der Waals surface area contributed by atoms with Crippen molar-refractivity contribution in [1.29, 1.82) is 5.26 Å². The van der Waals surface area contributed by atoms with E-state index in [0.29, 0.717) is 6.42 Å².